The van der Waals surface area contributed by atoms with Crippen molar-refractivity contribution in [1.82, 2.24) is 5.32 Å². The van der Waals surface area contributed by atoms with E-state index in [1.807, 2.05) is 13.8 Å². The Labute approximate surface area is 142 Å². The van der Waals surface area contributed by atoms with Crippen LogP contribution >= 0.6 is 0 Å². The number of nitrogens with one attached hydrogen (secondary N) is 1. The van der Waals surface area contributed by atoms with Crippen LogP contribution < -0.4 is 16.0 Å². The molecule has 130 valence electrons. The van der Waals surface area contributed by atoms with E-state index in [2.05, 4.69) is 5.32 Å². The van der Waals surface area contributed by atoms with Gasteiger partial charge in [0, 0.05) is 5.39 Å². The van der Waals surface area contributed by atoms with Crippen LogP contribution in [0.4, 0.5) is 0 Å². The molecule has 1 aromatic carbocycles. The van der Waals surface area contributed by atoms with E-state index >= 15 is 0 Å². The number of benzene rings is 1. The van der Waals surface area contributed by atoms with Crippen molar-refractivity contribution in [2.45, 2.75) is 27.2 Å². The summed E-state index contributed by atoms with van der Waals surface area (Å²) >= 11 is 0. The third-order valence-electron chi connectivity index (χ3n) is 4.23. The van der Waals surface area contributed by atoms with Crippen molar-refractivity contribution in [3.8, 4) is 0 Å². The van der Waals surface area contributed by atoms with E-state index < -0.39 is 24.0 Å². The van der Waals surface area contributed by atoms with Crippen molar-refractivity contribution in [1.29, 1.82) is 0 Å². The van der Waals surface area contributed by atoms with Gasteiger partial charge in [-0.25, -0.2) is 4.79 Å². The number of hydrogen-bond acceptors (Lipinski definition) is 6. The minimum Gasteiger partial charge on any atom is -0.548 e. The summed E-state index contributed by atoms with van der Waals surface area (Å²) < 4.78 is 11.0. The number of furan rings is 1. The number of carboxylic acid groups (broad SMARTS) is 1. The number of rotatable bonds is 4. The monoisotopic (exact) mass is 342 g/mol. The molecule has 7 heteroatoms. The predicted octanol–water partition coefficient (Wildman–Crippen LogP) is 0.873. The number of amides is 1. The lowest BCUT2D eigenvalue weighted by atomic mass is 9.99. The number of carbonyl (C=O) groups excluding carboxylic acids is 2. The highest BCUT2D eigenvalue weighted by Crippen LogP contribution is 2.34. The van der Waals surface area contributed by atoms with Crippen LogP contribution in [-0.2, 0) is 16.0 Å². The molecule has 1 amide bonds. The molecule has 0 radical (unpaired) electrons. The van der Waals surface area contributed by atoms with Gasteiger partial charge in [-0.05, 0) is 43.5 Å². The molecule has 0 unspecified atom stereocenters. The van der Waals surface area contributed by atoms with Gasteiger partial charge < -0.3 is 24.1 Å². The smallest absolute Gasteiger partial charge is 0.340 e. The van der Waals surface area contributed by atoms with Crippen molar-refractivity contribution >= 4 is 33.8 Å². The molecule has 0 atom stereocenters. The first-order valence-corrected chi connectivity index (χ1v) is 7.69. The van der Waals surface area contributed by atoms with Crippen LogP contribution in [0, 0.1) is 20.8 Å². The maximum absolute atomic E-state index is 12.3. The molecule has 0 aliphatic heterocycles. The number of aryl methyl sites for hydroxylation is 3. The maximum Gasteiger partial charge on any atom is 0.340 e. The van der Waals surface area contributed by atoms with E-state index in [4.69, 9.17) is 8.83 Å². The van der Waals surface area contributed by atoms with E-state index in [-0.39, 0.29) is 12.0 Å². The average Bonchev–Trinajstić information content (AvgIpc) is 2.91. The summed E-state index contributed by atoms with van der Waals surface area (Å²) in [5.74, 6) is -2.00. The van der Waals surface area contributed by atoms with Crippen molar-refractivity contribution in [2.75, 3.05) is 6.54 Å². The van der Waals surface area contributed by atoms with Crippen LogP contribution in [-0.4, -0.2) is 18.4 Å². The zero-order chi connectivity index (χ0) is 18.3. The van der Waals surface area contributed by atoms with Gasteiger partial charge in [0.1, 0.15) is 11.2 Å². The van der Waals surface area contributed by atoms with Gasteiger partial charge in [-0.15, -0.1) is 0 Å². The molecular weight excluding hydrogens is 326 g/mol. The Bertz CT molecular complexity index is 1070. The van der Waals surface area contributed by atoms with Crippen LogP contribution in [0.25, 0.3) is 21.9 Å². The summed E-state index contributed by atoms with van der Waals surface area (Å²) in [6.07, 6.45) is 1.35. The Hall–Kier alpha value is -3.09. The quantitative estimate of drug-likeness (QED) is 0.704. The predicted molar refractivity (Wildman–Crippen MR) is 88.2 cm³/mol. The first-order valence-electron chi connectivity index (χ1n) is 7.69. The number of aliphatic carboxylic acids is 1. The highest BCUT2D eigenvalue weighted by atomic mass is 16.4. The van der Waals surface area contributed by atoms with Crippen LogP contribution in [0.5, 0.6) is 0 Å². The topological polar surface area (TPSA) is 113 Å². The zero-order valence-electron chi connectivity index (χ0n) is 14.0. The van der Waals surface area contributed by atoms with Gasteiger partial charge in [0.15, 0.2) is 0 Å². The Morgan fingerprint density at radius 2 is 1.88 bits per heavy atom. The minimum absolute atomic E-state index is 0.169. The fraction of sp³-hybridized carbons (Fsp3) is 0.278. The third-order valence-corrected chi connectivity index (χ3v) is 4.23. The van der Waals surface area contributed by atoms with Crippen LogP contribution in [0.15, 0.2) is 26.0 Å². The molecule has 2 aromatic heterocycles. The van der Waals surface area contributed by atoms with Gasteiger partial charge in [0.25, 0.3) is 0 Å². The molecule has 0 saturated carbocycles. The Kier molecular flexibility index (Phi) is 4.08. The molecule has 2 heterocycles. The maximum atomic E-state index is 12.3. The molecular formula is C18H16NO6-. The highest BCUT2D eigenvalue weighted by Gasteiger charge is 2.19. The standard InChI is InChI=1S/C18H17NO6/c1-8-4-12-16(17-15(8)9(2)7-24-17)10(3)11(18(23)25-12)5-13(20)19-6-14(21)22/h4,7H,5-6H2,1-3H3,(H,19,20)(H,21,22)/p-1. The summed E-state index contributed by atoms with van der Waals surface area (Å²) in [7, 11) is 0. The molecule has 3 rings (SSSR count). The van der Waals surface area contributed by atoms with E-state index in [1.54, 1.807) is 19.3 Å². The number of hydrogen-bond donors (Lipinski definition) is 1. The van der Waals surface area contributed by atoms with Gasteiger partial charge >= 0.3 is 5.63 Å². The molecule has 7 nitrogen and oxygen atoms in total. The first-order chi connectivity index (χ1) is 11.8. The lowest BCUT2D eigenvalue weighted by molar-refractivity contribution is -0.304. The number of carboxylic acids is 1. The van der Waals surface area contributed by atoms with Crippen molar-refractivity contribution in [2.24, 2.45) is 0 Å². The normalized spacial score (nSPS) is 11.2. The molecule has 0 saturated heterocycles. The number of carbonyl (C=O) groups is 2. The summed E-state index contributed by atoms with van der Waals surface area (Å²) in [6, 6.07) is 1.77. The molecule has 0 spiro atoms. The van der Waals surface area contributed by atoms with Gasteiger partial charge in [0.2, 0.25) is 5.91 Å². The van der Waals surface area contributed by atoms with E-state index in [9.17, 15) is 19.5 Å². The van der Waals surface area contributed by atoms with Crippen molar-refractivity contribution in [3.63, 3.8) is 0 Å². The van der Waals surface area contributed by atoms with Crippen molar-refractivity contribution in [3.05, 3.63) is 45.0 Å². The summed E-state index contributed by atoms with van der Waals surface area (Å²) in [4.78, 5) is 34.6. The van der Waals surface area contributed by atoms with Crippen LogP contribution in [0.1, 0.15) is 22.3 Å². The van der Waals surface area contributed by atoms with E-state index in [0.717, 1.165) is 16.5 Å². The summed E-state index contributed by atoms with van der Waals surface area (Å²) in [5, 5.41) is 14.2. The second-order valence-corrected chi connectivity index (χ2v) is 6.01. The molecule has 0 fully saturated rings. The summed E-state index contributed by atoms with van der Waals surface area (Å²) in [5.41, 5.74) is 3.00. The average molecular weight is 342 g/mol. The molecule has 3 aromatic rings. The van der Waals surface area contributed by atoms with E-state index in [1.165, 1.54) is 0 Å². The lowest BCUT2D eigenvalue weighted by Gasteiger charge is -2.10. The largest absolute Gasteiger partial charge is 0.548 e. The Morgan fingerprint density at radius 3 is 2.56 bits per heavy atom. The fourth-order valence-electron chi connectivity index (χ4n) is 3.07. The first kappa shape index (κ1) is 16.8. The third kappa shape index (κ3) is 2.88. The van der Waals surface area contributed by atoms with Crippen LogP contribution in [0.3, 0.4) is 0 Å². The Balaban J connectivity index is 2.16. The highest BCUT2D eigenvalue weighted by molar-refractivity contribution is 6.07. The molecule has 1 N–H and O–H groups in total. The fourth-order valence-corrected chi connectivity index (χ4v) is 3.07. The summed E-state index contributed by atoms with van der Waals surface area (Å²) in [6.45, 7) is 4.93. The van der Waals surface area contributed by atoms with Gasteiger partial charge in [-0.2, -0.15) is 0 Å². The molecule has 25 heavy (non-hydrogen) atoms. The van der Waals surface area contributed by atoms with Crippen molar-refractivity contribution < 1.29 is 23.5 Å². The second-order valence-electron chi connectivity index (χ2n) is 6.01. The van der Waals surface area contributed by atoms with Gasteiger partial charge in [0.05, 0.1) is 36.1 Å². The van der Waals surface area contributed by atoms with Gasteiger partial charge in [-0.3, -0.25) is 4.79 Å². The molecule has 0 aliphatic rings. The SMILES string of the molecule is Cc1coc2c1c(C)cc1oc(=O)c(CC(=O)NCC(=O)[O-])c(C)c12. The molecule has 0 aliphatic carbocycles. The second kappa shape index (κ2) is 6.08. The van der Waals surface area contributed by atoms with E-state index in [0.29, 0.717) is 22.1 Å². The van der Waals surface area contributed by atoms with Gasteiger partial charge in [-0.1, -0.05) is 0 Å². The lowest BCUT2D eigenvalue weighted by Crippen LogP contribution is -2.38. The molecule has 0 bridgehead atoms. The Morgan fingerprint density at radius 1 is 1.16 bits per heavy atom. The number of fused-ring (bicyclic) bond motifs is 3. The zero-order valence-corrected chi connectivity index (χ0v) is 14.0. The van der Waals surface area contributed by atoms with Crippen LogP contribution in [0.2, 0.25) is 0 Å². The minimum atomic E-state index is -1.40.